The summed E-state index contributed by atoms with van der Waals surface area (Å²) in [5.74, 6) is 2.04. The van der Waals surface area contributed by atoms with E-state index >= 15 is 0 Å². The molecule has 0 aromatic carbocycles. The Morgan fingerprint density at radius 2 is 2.26 bits per heavy atom. The minimum Gasteiger partial charge on any atom is -0.388 e. The standard InChI is InChI=1S/C14H19N3O2/c1-9(2)14-15-12(16-19-14)8-17-6-5-11(7-17)13(18)10-3-4-10/h5-7,9-10,13,18H,3-4,8H2,1-2H3. The van der Waals surface area contributed by atoms with Crippen LogP contribution in [0.25, 0.3) is 0 Å². The Morgan fingerprint density at radius 1 is 1.47 bits per heavy atom. The van der Waals surface area contributed by atoms with Crippen LogP contribution in [0.3, 0.4) is 0 Å². The Kier molecular flexibility index (Phi) is 3.14. The molecule has 1 fully saturated rings. The van der Waals surface area contributed by atoms with Crippen molar-refractivity contribution >= 4 is 0 Å². The van der Waals surface area contributed by atoms with Gasteiger partial charge in [-0.3, -0.25) is 0 Å². The number of aliphatic hydroxyl groups excluding tert-OH is 1. The quantitative estimate of drug-likeness (QED) is 0.898. The predicted molar refractivity (Wildman–Crippen MR) is 69.6 cm³/mol. The van der Waals surface area contributed by atoms with E-state index in [0.29, 0.717) is 24.2 Å². The van der Waals surface area contributed by atoms with Gasteiger partial charge in [0.1, 0.15) is 0 Å². The number of hydrogen-bond donors (Lipinski definition) is 1. The highest BCUT2D eigenvalue weighted by molar-refractivity contribution is 5.16. The van der Waals surface area contributed by atoms with Crippen LogP contribution in [0.1, 0.15) is 56.0 Å². The minimum absolute atomic E-state index is 0.248. The van der Waals surface area contributed by atoms with Crippen molar-refractivity contribution in [1.82, 2.24) is 14.7 Å². The van der Waals surface area contributed by atoms with E-state index < -0.39 is 0 Å². The van der Waals surface area contributed by atoms with Gasteiger partial charge in [0, 0.05) is 18.3 Å². The lowest BCUT2D eigenvalue weighted by Crippen LogP contribution is -2.01. The fourth-order valence-electron chi connectivity index (χ4n) is 2.15. The highest BCUT2D eigenvalue weighted by Gasteiger charge is 2.31. The summed E-state index contributed by atoms with van der Waals surface area (Å²) in [6, 6.07) is 1.96. The van der Waals surface area contributed by atoms with Gasteiger partial charge in [-0.05, 0) is 30.4 Å². The van der Waals surface area contributed by atoms with Crippen molar-refractivity contribution in [3.05, 3.63) is 35.7 Å². The second-order valence-corrected chi connectivity index (χ2v) is 5.60. The van der Waals surface area contributed by atoms with Gasteiger partial charge in [-0.15, -0.1) is 0 Å². The molecule has 1 N–H and O–H groups in total. The van der Waals surface area contributed by atoms with Crippen molar-refractivity contribution in [3.8, 4) is 0 Å². The molecule has 1 aliphatic rings. The van der Waals surface area contributed by atoms with Crippen LogP contribution < -0.4 is 0 Å². The molecule has 3 rings (SSSR count). The van der Waals surface area contributed by atoms with E-state index in [0.717, 1.165) is 18.4 Å². The molecular weight excluding hydrogens is 242 g/mol. The summed E-state index contributed by atoms with van der Waals surface area (Å²) in [4.78, 5) is 4.35. The molecular formula is C14H19N3O2. The van der Waals surface area contributed by atoms with Gasteiger partial charge in [-0.25, -0.2) is 0 Å². The molecule has 0 aliphatic heterocycles. The van der Waals surface area contributed by atoms with Gasteiger partial charge in [0.15, 0.2) is 5.82 Å². The maximum absolute atomic E-state index is 10.1. The van der Waals surface area contributed by atoms with Crippen LogP contribution >= 0.6 is 0 Å². The van der Waals surface area contributed by atoms with Crippen molar-refractivity contribution in [2.45, 2.75) is 45.3 Å². The first-order chi connectivity index (χ1) is 9.13. The topological polar surface area (TPSA) is 64.1 Å². The van der Waals surface area contributed by atoms with Crippen molar-refractivity contribution in [1.29, 1.82) is 0 Å². The Hall–Kier alpha value is -1.62. The number of rotatable bonds is 5. The van der Waals surface area contributed by atoms with Gasteiger partial charge in [0.2, 0.25) is 5.89 Å². The van der Waals surface area contributed by atoms with Crippen LogP contribution in [0.5, 0.6) is 0 Å². The monoisotopic (exact) mass is 261 g/mol. The second-order valence-electron chi connectivity index (χ2n) is 5.60. The summed E-state index contributed by atoms with van der Waals surface area (Å²) >= 11 is 0. The molecule has 0 saturated heterocycles. The third-order valence-corrected chi connectivity index (χ3v) is 3.49. The largest absolute Gasteiger partial charge is 0.388 e. The maximum atomic E-state index is 10.1. The van der Waals surface area contributed by atoms with E-state index in [9.17, 15) is 5.11 Å². The lowest BCUT2D eigenvalue weighted by Gasteiger charge is -2.05. The van der Waals surface area contributed by atoms with Crippen LogP contribution in [0.4, 0.5) is 0 Å². The zero-order chi connectivity index (χ0) is 13.4. The molecule has 5 nitrogen and oxygen atoms in total. The van der Waals surface area contributed by atoms with Crippen molar-refractivity contribution in [2.24, 2.45) is 5.92 Å². The summed E-state index contributed by atoms with van der Waals surface area (Å²) in [6.45, 7) is 4.63. The predicted octanol–water partition coefficient (Wildman–Crippen LogP) is 2.49. The van der Waals surface area contributed by atoms with Crippen molar-refractivity contribution < 1.29 is 9.63 Å². The molecule has 1 unspecified atom stereocenters. The highest BCUT2D eigenvalue weighted by Crippen LogP contribution is 2.40. The van der Waals surface area contributed by atoms with Crippen LogP contribution in [-0.4, -0.2) is 19.8 Å². The number of hydrogen-bond acceptors (Lipinski definition) is 4. The first-order valence-electron chi connectivity index (χ1n) is 6.79. The molecule has 102 valence electrons. The zero-order valence-corrected chi connectivity index (χ0v) is 11.3. The SMILES string of the molecule is CC(C)c1nc(Cn2ccc(C(O)C3CC3)c2)no1. The summed E-state index contributed by atoms with van der Waals surface area (Å²) in [5.41, 5.74) is 0.982. The van der Waals surface area contributed by atoms with Gasteiger partial charge in [-0.1, -0.05) is 19.0 Å². The molecule has 2 aromatic heterocycles. The average molecular weight is 261 g/mol. The zero-order valence-electron chi connectivity index (χ0n) is 11.3. The molecule has 0 bridgehead atoms. The first kappa shape index (κ1) is 12.4. The Morgan fingerprint density at radius 3 is 2.89 bits per heavy atom. The molecule has 0 radical (unpaired) electrons. The van der Waals surface area contributed by atoms with Gasteiger partial charge >= 0.3 is 0 Å². The minimum atomic E-state index is -0.322. The molecule has 19 heavy (non-hydrogen) atoms. The summed E-state index contributed by atoms with van der Waals surface area (Å²) < 4.78 is 7.16. The van der Waals surface area contributed by atoms with Gasteiger partial charge in [0.25, 0.3) is 0 Å². The third kappa shape index (κ3) is 2.71. The lowest BCUT2D eigenvalue weighted by molar-refractivity contribution is 0.154. The van der Waals surface area contributed by atoms with Gasteiger partial charge in [0.05, 0.1) is 12.6 Å². The second kappa shape index (κ2) is 4.81. The Balaban J connectivity index is 1.68. The van der Waals surface area contributed by atoms with Gasteiger partial charge < -0.3 is 14.2 Å². The number of aromatic nitrogens is 3. The van der Waals surface area contributed by atoms with Crippen molar-refractivity contribution in [3.63, 3.8) is 0 Å². The number of nitrogens with zero attached hydrogens (tertiary/aromatic N) is 3. The van der Waals surface area contributed by atoms with Crippen LogP contribution in [0, 0.1) is 5.92 Å². The van der Waals surface area contributed by atoms with Gasteiger partial charge in [-0.2, -0.15) is 4.98 Å². The van der Waals surface area contributed by atoms with E-state index in [2.05, 4.69) is 10.1 Å². The molecule has 1 saturated carbocycles. The normalized spacial score (nSPS) is 17.1. The fourth-order valence-corrected chi connectivity index (χ4v) is 2.15. The molecule has 5 heteroatoms. The summed E-state index contributed by atoms with van der Waals surface area (Å²) in [7, 11) is 0. The Labute approximate surface area is 112 Å². The highest BCUT2D eigenvalue weighted by atomic mass is 16.5. The molecule has 0 amide bonds. The maximum Gasteiger partial charge on any atom is 0.229 e. The molecule has 1 atom stereocenters. The van der Waals surface area contributed by atoms with Crippen molar-refractivity contribution in [2.75, 3.05) is 0 Å². The molecule has 0 spiro atoms. The fraction of sp³-hybridized carbons (Fsp3) is 0.571. The third-order valence-electron chi connectivity index (χ3n) is 3.49. The first-order valence-corrected chi connectivity index (χ1v) is 6.79. The summed E-state index contributed by atoms with van der Waals surface area (Å²) in [5, 5.41) is 14.0. The molecule has 1 aliphatic carbocycles. The average Bonchev–Trinajstić information content (AvgIpc) is 2.94. The van der Waals surface area contributed by atoms with Crippen LogP contribution in [0.2, 0.25) is 0 Å². The lowest BCUT2D eigenvalue weighted by atomic mass is 10.1. The van der Waals surface area contributed by atoms with Crippen LogP contribution in [0.15, 0.2) is 23.0 Å². The Bertz CT molecular complexity index is 555. The van der Waals surface area contributed by atoms with E-state index in [-0.39, 0.29) is 12.0 Å². The summed E-state index contributed by atoms with van der Waals surface area (Å²) in [6.07, 6.45) is 5.86. The number of aliphatic hydroxyl groups is 1. The molecule has 2 heterocycles. The van der Waals surface area contributed by atoms with E-state index in [4.69, 9.17) is 4.52 Å². The van der Waals surface area contributed by atoms with E-state index in [1.807, 2.05) is 36.9 Å². The van der Waals surface area contributed by atoms with Crippen LogP contribution in [-0.2, 0) is 6.54 Å². The smallest absolute Gasteiger partial charge is 0.229 e. The van der Waals surface area contributed by atoms with E-state index in [1.54, 1.807) is 0 Å². The van der Waals surface area contributed by atoms with E-state index in [1.165, 1.54) is 0 Å². The molecule has 2 aromatic rings.